The van der Waals surface area contributed by atoms with Gasteiger partial charge in [0.1, 0.15) is 5.75 Å². The molecule has 172 valence electrons. The lowest BCUT2D eigenvalue weighted by Gasteiger charge is -2.32. The third kappa shape index (κ3) is 6.32. The van der Waals surface area contributed by atoms with Crippen molar-refractivity contribution in [2.45, 2.75) is 31.8 Å². The summed E-state index contributed by atoms with van der Waals surface area (Å²) in [5, 5.41) is 3.12. The molecule has 1 fully saturated rings. The molecule has 0 spiro atoms. The first-order valence-corrected chi connectivity index (χ1v) is 10.7. The highest BCUT2D eigenvalue weighted by Gasteiger charge is 2.31. The van der Waals surface area contributed by atoms with Gasteiger partial charge in [-0.25, -0.2) is 0 Å². The standard InChI is InChI=1S/C25H24F3N3O2/c26-25(27,28)33-21-9-7-19(8-10-21)22-5-1-2-6-23(22)24(32)30-20-11-14-31(15-12-20)17-18-4-3-13-29-16-18/h1-10,13,16,20H,11-12,14-15,17H2,(H,30,32). The summed E-state index contributed by atoms with van der Waals surface area (Å²) in [7, 11) is 0. The number of pyridine rings is 1. The number of likely N-dealkylation sites (tertiary alicyclic amines) is 1. The van der Waals surface area contributed by atoms with E-state index in [1.54, 1.807) is 30.5 Å². The molecule has 1 N–H and O–H groups in total. The zero-order valence-corrected chi connectivity index (χ0v) is 17.9. The van der Waals surface area contributed by atoms with Crippen molar-refractivity contribution in [1.29, 1.82) is 0 Å². The van der Waals surface area contributed by atoms with Gasteiger partial charge in [-0.3, -0.25) is 14.7 Å². The van der Waals surface area contributed by atoms with Crippen LogP contribution in [0.25, 0.3) is 11.1 Å². The number of piperidine rings is 1. The van der Waals surface area contributed by atoms with Crippen LogP contribution in [0.15, 0.2) is 73.1 Å². The average molecular weight is 455 g/mol. The fraction of sp³-hybridized carbons (Fsp3) is 0.280. The molecule has 0 unspecified atom stereocenters. The Bertz CT molecular complexity index is 1060. The van der Waals surface area contributed by atoms with Crippen molar-refractivity contribution in [2.24, 2.45) is 0 Å². The van der Waals surface area contributed by atoms with E-state index >= 15 is 0 Å². The number of aromatic nitrogens is 1. The van der Waals surface area contributed by atoms with Gasteiger partial charge in [0.15, 0.2) is 0 Å². The molecule has 0 aliphatic carbocycles. The van der Waals surface area contributed by atoms with E-state index in [1.807, 2.05) is 12.3 Å². The zero-order valence-electron chi connectivity index (χ0n) is 17.9. The van der Waals surface area contributed by atoms with Gasteiger partial charge in [-0.1, -0.05) is 36.4 Å². The van der Waals surface area contributed by atoms with Crippen LogP contribution in [0.5, 0.6) is 5.75 Å². The van der Waals surface area contributed by atoms with Crippen molar-refractivity contribution in [3.63, 3.8) is 0 Å². The van der Waals surface area contributed by atoms with Crippen molar-refractivity contribution in [3.05, 3.63) is 84.2 Å². The lowest BCUT2D eigenvalue weighted by molar-refractivity contribution is -0.274. The van der Waals surface area contributed by atoms with E-state index < -0.39 is 6.36 Å². The smallest absolute Gasteiger partial charge is 0.406 e. The molecular formula is C25H24F3N3O2. The Morgan fingerprint density at radius 3 is 2.42 bits per heavy atom. The largest absolute Gasteiger partial charge is 0.573 e. The Morgan fingerprint density at radius 2 is 1.76 bits per heavy atom. The number of nitrogens with one attached hydrogen (secondary N) is 1. The Balaban J connectivity index is 1.38. The molecule has 1 aliphatic rings. The van der Waals surface area contributed by atoms with E-state index in [4.69, 9.17) is 0 Å². The first-order valence-electron chi connectivity index (χ1n) is 10.7. The minimum absolute atomic E-state index is 0.0678. The van der Waals surface area contributed by atoms with Crippen molar-refractivity contribution < 1.29 is 22.7 Å². The summed E-state index contributed by atoms with van der Waals surface area (Å²) in [6, 6.07) is 16.7. The molecule has 2 aromatic carbocycles. The SMILES string of the molecule is O=C(NC1CCN(Cc2cccnc2)CC1)c1ccccc1-c1ccc(OC(F)(F)F)cc1. The number of hydrogen-bond acceptors (Lipinski definition) is 4. The van der Waals surface area contributed by atoms with Crippen molar-refractivity contribution in [3.8, 4) is 16.9 Å². The predicted molar refractivity (Wildman–Crippen MR) is 119 cm³/mol. The lowest BCUT2D eigenvalue weighted by Crippen LogP contribution is -2.44. The lowest BCUT2D eigenvalue weighted by atomic mass is 9.98. The first-order chi connectivity index (χ1) is 15.9. The maximum Gasteiger partial charge on any atom is 0.573 e. The van der Waals surface area contributed by atoms with Crippen LogP contribution in [0.4, 0.5) is 13.2 Å². The number of nitrogens with zero attached hydrogens (tertiary/aromatic N) is 2. The second-order valence-electron chi connectivity index (χ2n) is 8.00. The molecule has 2 heterocycles. The van der Waals surface area contributed by atoms with Crippen LogP contribution in [0, 0.1) is 0 Å². The van der Waals surface area contributed by atoms with Crippen molar-refractivity contribution >= 4 is 5.91 Å². The number of carbonyl (C=O) groups excluding carboxylic acids is 1. The van der Waals surface area contributed by atoms with Crippen LogP contribution in [0.1, 0.15) is 28.8 Å². The number of amides is 1. The van der Waals surface area contributed by atoms with E-state index in [0.717, 1.165) is 32.5 Å². The molecule has 5 nitrogen and oxygen atoms in total. The molecule has 0 radical (unpaired) electrons. The highest BCUT2D eigenvalue weighted by Crippen LogP contribution is 2.28. The summed E-state index contributed by atoms with van der Waals surface area (Å²) in [6.07, 6.45) is 0.572. The topological polar surface area (TPSA) is 54.5 Å². The monoisotopic (exact) mass is 455 g/mol. The number of ether oxygens (including phenoxy) is 1. The number of hydrogen-bond donors (Lipinski definition) is 1. The van der Waals surface area contributed by atoms with Crippen LogP contribution in [-0.4, -0.2) is 41.3 Å². The zero-order chi connectivity index (χ0) is 23.3. The predicted octanol–water partition coefficient (Wildman–Crippen LogP) is 5.04. The Kier molecular flexibility index (Phi) is 6.93. The van der Waals surface area contributed by atoms with E-state index in [2.05, 4.69) is 26.0 Å². The van der Waals surface area contributed by atoms with Gasteiger partial charge >= 0.3 is 6.36 Å². The number of rotatable bonds is 6. The quantitative estimate of drug-likeness (QED) is 0.566. The van der Waals surface area contributed by atoms with E-state index in [0.29, 0.717) is 16.7 Å². The number of carbonyl (C=O) groups is 1. The molecule has 1 saturated heterocycles. The molecule has 1 aromatic heterocycles. The summed E-state index contributed by atoms with van der Waals surface area (Å²) in [6.45, 7) is 2.59. The van der Waals surface area contributed by atoms with Gasteiger partial charge < -0.3 is 10.1 Å². The van der Waals surface area contributed by atoms with Gasteiger partial charge in [0.2, 0.25) is 0 Å². The van der Waals surface area contributed by atoms with Gasteiger partial charge in [-0.2, -0.15) is 0 Å². The van der Waals surface area contributed by atoms with Crippen LogP contribution in [0.3, 0.4) is 0 Å². The molecule has 0 bridgehead atoms. The minimum atomic E-state index is -4.74. The molecular weight excluding hydrogens is 431 g/mol. The van der Waals surface area contributed by atoms with E-state index in [-0.39, 0.29) is 17.7 Å². The van der Waals surface area contributed by atoms with E-state index in [9.17, 15) is 18.0 Å². The summed E-state index contributed by atoms with van der Waals surface area (Å²) in [5.74, 6) is -0.488. The average Bonchev–Trinajstić information content (AvgIpc) is 2.80. The molecule has 0 atom stereocenters. The molecule has 3 aromatic rings. The second-order valence-corrected chi connectivity index (χ2v) is 8.00. The van der Waals surface area contributed by atoms with Gasteiger partial charge in [0, 0.05) is 43.6 Å². The minimum Gasteiger partial charge on any atom is -0.406 e. The molecule has 8 heteroatoms. The third-order valence-electron chi connectivity index (χ3n) is 5.62. The first kappa shape index (κ1) is 22.8. The fourth-order valence-corrected chi connectivity index (χ4v) is 4.02. The molecule has 33 heavy (non-hydrogen) atoms. The van der Waals surface area contributed by atoms with Crippen LogP contribution in [0.2, 0.25) is 0 Å². The maximum absolute atomic E-state index is 13.0. The van der Waals surface area contributed by atoms with Crippen LogP contribution < -0.4 is 10.1 Å². The van der Waals surface area contributed by atoms with Crippen LogP contribution >= 0.6 is 0 Å². The second kappa shape index (κ2) is 10.0. The third-order valence-corrected chi connectivity index (χ3v) is 5.62. The van der Waals surface area contributed by atoms with Gasteiger partial charge in [0.05, 0.1) is 0 Å². The fourth-order valence-electron chi connectivity index (χ4n) is 4.02. The Labute approximate surface area is 190 Å². The van der Waals surface area contributed by atoms with Gasteiger partial charge in [-0.15, -0.1) is 13.2 Å². The summed E-state index contributed by atoms with van der Waals surface area (Å²) < 4.78 is 41.2. The highest BCUT2D eigenvalue weighted by molar-refractivity contribution is 6.01. The van der Waals surface area contributed by atoms with E-state index in [1.165, 1.54) is 29.8 Å². The summed E-state index contributed by atoms with van der Waals surface area (Å²) in [5.41, 5.74) is 2.95. The highest BCUT2D eigenvalue weighted by atomic mass is 19.4. The molecule has 4 rings (SSSR count). The Morgan fingerprint density at radius 1 is 1.03 bits per heavy atom. The van der Waals surface area contributed by atoms with Gasteiger partial charge in [-0.05, 0) is 53.8 Å². The number of benzene rings is 2. The maximum atomic E-state index is 13.0. The molecule has 0 saturated carbocycles. The summed E-state index contributed by atoms with van der Waals surface area (Å²) in [4.78, 5) is 19.5. The molecule has 1 amide bonds. The van der Waals surface area contributed by atoms with Crippen molar-refractivity contribution in [2.75, 3.05) is 13.1 Å². The van der Waals surface area contributed by atoms with Crippen molar-refractivity contribution in [1.82, 2.24) is 15.2 Å². The number of halogens is 3. The van der Waals surface area contributed by atoms with Gasteiger partial charge in [0.25, 0.3) is 5.91 Å². The number of alkyl halides is 3. The molecule has 1 aliphatic heterocycles. The summed E-state index contributed by atoms with van der Waals surface area (Å²) >= 11 is 0. The normalized spacial score (nSPS) is 15.2. The van der Waals surface area contributed by atoms with Crippen LogP contribution in [-0.2, 0) is 6.54 Å². The Hall–Kier alpha value is -3.39.